The number of fused-ring (bicyclic) bond motifs is 1. The van der Waals surface area contributed by atoms with Crippen molar-refractivity contribution >= 4 is 26.5 Å². The maximum Gasteiger partial charge on any atom is 0.263 e. The second-order valence-electron chi connectivity index (χ2n) is 4.16. The molecule has 2 heterocycles. The Morgan fingerprint density at radius 2 is 2.26 bits per heavy atom. The lowest BCUT2D eigenvalue weighted by Crippen LogP contribution is -2.14. The second kappa shape index (κ2) is 4.82. The molecule has 1 N–H and O–H groups in total. The highest BCUT2D eigenvalue weighted by atomic mass is 32.2. The zero-order valence-corrected chi connectivity index (χ0v) is 11.6. The number of hydrogen-bond donors (Lipinski definition) is 1. The van der Waals surface area contributed by atoms with Crippen molar-refractivity contribution in [3.05, 3.63) is 35.3 Å². The molecule has 7 heteroatoms. The predicted molar refractivity (Wildman–Crippen MR) is 73.2 cm³/mol. The van der Waals surface area contributed by atoms with E-state index >= 15 is 0 Å². The third-order valence-corrected chi connectivity index (χ3v) is 5.00. The topological polar surface area (TPSA) is 68.3 Å². The van der Waals surface area contributed by atoms with Gasteiger partial charge >= 0.3 is 0 Å². The maximum atomic E-state index is 12.2. The fourth-order valence-corrected chi connectivity index (χ4v) is 3.79. The first kappa shape index (κ1) is 12.4. The van der Waals surface area contributed by atoms with E-state index in [1.54, 1.807) is 29.8 Å². The number of aryl methyl sites for hydroxylation is 1. The van der Waals surface area contributed by atoms with Crippen molar-refractivity contribution in [2.45, 2.75) is 17.7 Å². The van der Waals surface area contributed by atoms with Gasteiger partial charge in [-0.15, -0.1) is 11.3 Å². The van der Waals surface area contributed by atoms with E-state index in [-0.39, 0.29) is 4.90 Å². The number of ether oxygens (including phenoxy) is 1. The summed E-state index contributed by atoms with van der Waals surface area (Å²) in [6, 6.07) is 4.94. The highest BCUT2D eigenvalue weighted by molar-refractivity contribution is 7.93. The molecule has 0 saturated heterocycles. The minimum absolute atomic E-state index is 0.243. The molecule has 0 radical (unpaired) electrons. The Bertz CT molecular complexity index is 681. The molecule has 1 aromatic heterocycles. The van der Waals surface area contributed by atoms with Crippen molar-refractivity contribution in [2.75, 3.05) is 11.3 Å². The van der Waals surface area contributed by atoms with Crippen molar-refractivity contribution in [3.63, 3.8) is 0 Å². The number of rotatable bonds is 3. The molecule has 1 aliphatic rings. The van der Waals surface area contributed by atoms with Crippen molar-refractivity contribution in [1.82, 2.24) is 4.98 Å². The van der Waals surface area contributed by atoms with Crippen LogP contribution in [-0.2, 0) is 16.4 Å². The first-order chi connectivity index (χ1) is 9.15. The summed E-state index contributed by atoms with van der Waals surface area (Å²) in [5, 5.41) is 2.09. The van der Waals surface area contributed by atoms with E-state index in [1.165, 1.54) is 11.3 Å². The number of thiazole rings is 1. The molecular formula is C12H12N2O3S2. The van der Waals surface area contributed by atoms with Gasteiger partial charge in [0, 0.05) is 11.6 Å². The smallest absolute Gasteiger partial charge is 0.263 e. The Morgan fingerprint density at radius 3 is 3.05 bits per heavy atom. The quantitative estimate of drug-likeness (QED) is 0.943. The minimum Gasteiger partial charge on any atom is -0.493 e. The van der Waals surface area contributed by atoms with E-state index < -0.39 is 10.0 Å². The molecule has 3 rings (SSSR count). The molecule has 0 atom stereocenters. The van der Waals surface area contributed by atoms with Gasteiger partial charge in [0.05, 0.1) is 11.5 Å². The SMILES string of the molecule is O=S(=O)(Nc1nccs1)c1ccc2c(c1)CCCO2. The lowest BCUT2D eigenvalue weighted by Gasteiger charge is -2.17. The standard InChI is InChI=1S/C12H12N2O3S2/c15-19(16,14-12-13-5-7-18-12)10-3-4-11-9(8-10)2-1-6-17-11/h3-5,7-8H,1-2,6H2,(H,13,14). The number of aromatic nitrogens is 1. The van der Waals surface area contributed by atoms with Gasteiger partial charge in [-0.05, 0) is 36.6 Å². The molecule has 0 unspecified atom stereocenters. The van der Waals surface area contributed by atoms with Crippen LogP contribution in [0.5, 0.6) is 5.75 Å². The maximum absolute atomic E-state index is 12.2. The van der Waals surface area contributed by atoms with E-state index in [1.807, 2.05) is 0 Å². The third kappa shape index (κ3) is 2.57. The van der Waals surface area contributed by atoms with Crippen LogP contribution >= 0.6 is 11.3 Å². The average molecular weight is 296 g/mol. The van der Waals surface area contributed by atoms with Gasteiger partial charge in [-0.2, -0.15) is 0 Å². The fourth-order valence-electron chi connectivity index (χ4n) is 1.95. The van der Waals surface area contributed by atoms with Crippen LogP contribution in [0.2, 0.25) is 0 Å². The number of nitrogens with one attached hydrogen (secondary N) is 1. The van der Waals surface area contributed by atoms with E-state index in [2.05, 4.69) is 9.71 Å². The Morgan fingerprint density at radius 1 is 1.37 bits per heavy atom. The van der Waals surface area contributed by atoms with Crippen LogP contribution in [0.1, 0.15) is 12.0 Å². The summed E-state index contributed by atoms with van der Waals surface area (Å²) in [6.45, 7) is 0.691. The lowest BCUT2D eigenvalue weighted by atomic mass is 10.1. The van der Waals surface area contributed by atoms with Crippen LogP contribution in [0.4, 0.5) is 5.13 Å². The largest absolute Gasteiger partial charge is 0.493 e. The first-order valence-electron chi connectivity index (χ1n) is 5.83. The van der Waals surface area contributed by atoms with Gasteiger partial charge in [0.15, 0.2) is 5.13 Å². The van der Waals surface area contributed by atoms with Crippen LogP contribution in [-0.4, -0.2) is 20.0 Å². The molecule has 19 heavy (non-hydrogen) atoms. The fraction of sp³-hybridized carbons (Fsp3) is 0.250. The summed E-state index contributed by atoms with van der Waals surface area (Å²) in [5.41, 5.74) is 0.938. The highest BCUT2D eigenvalue weighted by Crippen LogP contribution is 2.28. The molecule has 0 bridgehead atoms. The van der Waals surface area contributed by atoms with E-state index in [0.29, 0.717) is 11.7 Å². The van der Waals surface area contributed by atoms with E-state index in [9.17, 15) is 8.42 Å². The van der Waals surface area contributed by atoms with Gasteiger partial charge < -0.3 is 4.74 Å². The lowest BCUT2D eigenvalue weighted by molar-refractivity contribution is 0.288. The highest BCUT2D eigenvalue weighted by Gasteiger charge is 2.19. The Balaban J connectivity index is 1.93. The van der Waals surface area contributed by atoms with Gasteiger partial charge in [-0.25, -0.2) is 13.4 Å². The number of nitrogens with zero attached hydrogens (tertiary/aromatic N) is 1. The Labute approximate surface area is 115 Å². The summed E-state index contributed by atoms with van der Waals surface area (Å²) >= 11 is 1.25. The van der Waals surface area contributed by atoms with Crippen molar-refractivity contribution in [1.29, 1.82) is 0 Å². The summed E-state index contributed by atoms with van der Waals surface area (Å²) in [5.74, 6) is 0.777. The van der Waals surface area contributed by atoms with Crippen LogP contribution in [0.15, 0.2) is 34.7 Å². The van der Waals surface area contributed by atoms with E-state index in [4.69, 9.17) is 4.74 Å². The zero-order chi connectivity index (χ0) is 13.3. The van der Waals surface area contributed by atoms with Gasteiger partial charge in [-0.1, -0.05) is 0 Å². The molecule has 0 amide bonds. The van der Waals surface area contributed by atoms with Gasteiger partial charge in [0.1, 0.15) is 5.75 Å². The summed E-state index contributed by atoms with van der Waals surface area (Å²) < 4.78 is 32.3. The van der Waals surface area contributed by atoms with Crippen molar-refractivity contribution in [2.24, 2.45) is 0 Å². The normalized spacial score (nSPS) is 14.5. The molecule has 0 aliphatic carbocycles. The predicted octanol–water partition coefficient (Wildman–Crippen LogP) is 2.27. The molecule has 5 nitrogen and oxygen atoms in total. The first-order valence-corrected chi connectivity index (χ1v) is 8.19. The van der Waals surface area contributed by atoms with E-state index in [0.717, 1.165) is 24.2 Å². The molecule has 0 spiro atoms. The molecular weight excluding hydrogens is 284 g/mol. The second-order valence-corrected chi connectivity index (χ2v) is 6.74. The van der Waals surface area contributed by atoms with Gasteiger partial charge in [0.2, 0.25) is 0 Å². The molecule has 0 saturated carbocycles. The summed E-state index contributed by atoms with van der Waals surface area (Å²) in [6.07, 6.45) is 3.32. The number of benzene rings is 1. The molecule has 1 aromatic carbocycles. The molecule has 2 aromatic rings. The molecule has 0 fully saturated rings. The summed E-state index contributed by atoms with van der Waals surface area (Å²) in [7, 11) is -3.57. The number of hydrogen-bond acceptors (Lipinski definition) is 5. The number of anilines is 1. The summed E-state index contributed by atoms with van der Waals surface area (Å²) in [4.78, 5) is 4.16. The third-order valence-electron chi connectivity index (χ3n) is 2.84. The van der Waals surface area contributed by atoms with Crippen molar-refractivity contribution in [3.8, 4) is 5.75 Å². The van der Waals surface area contributed by atoms with Crippen LogP contribution in [0, 0.1) is 0 Å². The Hall–Kier alpha value is -1.60. The monoisotopic (exact) mass is 296 g/mol. The van der Waals surface area contributed by atoms with Crippen LogP contribution < -0.4 is 9.46 Å². The molecule has 1 aliphatic heterocycles. The van der Waals surface area contributed by atoms with Gasteiger partial charge in [0.25, 0.3) is 10.0 Å². The minimum atomic E-state index is -3.57. The van der Waals surface area contributed by atoms with Crippen molar-refractivity contribution < 1.29 is 13.2 Å². The average Bonchev–Trinajstić information content (AvgIpc) is 2.90. The number of sulfonamides is 1. The zero-order valence-electron chi connectivity index (χ0n) is 10.00. The molecule has 100 valence electrons. The van der Waals surface area contributed by atoms with Crippen LogP contribution in [0.25, 0.3) is 0 Å². The van der Waals surface area contributed by atoms with Crippen LogP contribution in [0.3, 0.4) is 0 Å². The van der Waals surface area contributed by atoms with Gasteiger partial charge in [-0.3, -0.25) is 4.72 Å². The Kier molecular flexibility index (Phi) is 3.16.